The highest BCUT2D eigenvalue weighted by Crippen LogP contribution is 2.36. The first kappa shape index (κ1) is 21.5. The van der Waals surface area contributed by atoms with Gasteiger partial charge in [0.1, 0.15) is 6.54 Å². The zero-order chi connectivity index (χ0) is 22.9. The number of hydrogen-bond acceptors (Lipinski definition) is 4. The highest BCUT2D eigenvalue weighted by Gasteiger charge is 2.37. The summed E-state index contributed by atoms with van der Waals surface area (Å²) in [6, 6.07) is 18.3. The number of imide groups is 1. The molecule has 1 aromatic heterocycles. The fraction of sp³-hybridized carbons (Fsp3) is 0.269. The van der Waals surface area contributed by atoms with Gasteiger partial charge in [0.15, 0.2) is 0 Å². The Morgan fingerprint density at radius 3 is 2.45 bits per heavy atom. The van der Waals surface area contributed by atoms with Crippen LogP contribution in [-0.2, 0) is 16.1 Å². The zero-order valence-electron chi connectivity index (χ0n) is 18.5. The van der Waals surface area contributed by atoms with Crippen LogP contribution in [0.2, 0.25) is 0 Å². The van der Waals surface area contributed by atoms with Gasteiger partial charge in [0.25, 0.3) is 11.1 Å². The molecule has 2 aliphatic heterocycles. The van der Waals surface area contributed by atoms with E-state index in [0.29, 0.717) is 24.5 Å². The molecule has 33 heavy (non-hydrogen) atoms. The minimum absolute atomic E-state index is 0.160. The summed E-state index contributed by atoms with van der Waals surface area (Å²) in [6.07, 6.45) is 3.75. The number of para-hydroxylation sites is 1. The Hall–Kier alpha value is -3.32. The van der Waals surface area contributed by atoms with Gasteiger partial charge in [-0.2, -0.15) is 0 Å². The molecule has 0 spiro atoms. The molecule has 2 aliphatic rings. The van der Waals surface area contributed by atoms with Crippen LogP contribution >= 0.6 is 11.8 Å². The van der Waals surface area contributed by atoms with Crippen molar-refractivity contribution >= 4 is 45.8 Å². The van der Waals surface area contributed by atoms with Crippen molar-refractivity contribution in [2.45, 2.75) is 26.3 Å². The van der Waals surface area contributed by atoms with E-state index in [-0.39, 0.29) is 17.7 Å². The largest absolute Gasteiger partial charge is 0.341 e. The number of carbonyl (C=O) groups excluding carboxylic acids is 3. The molecule has 3 amide bonds. The highest BCUT2D eigenvalue weighted by atomic mass is 32.2. The molecule has 3 heterocycles. The molecule has 0 unspecified atom stereocenters. The lowest BCUT2D eigenvalue weighted by Crippen LogP contribution is -2.40. The molecule has 0 saturated carbocycles. The maximum absolute atomic E-state index is 13.1. The van der Waals surface area contributed by atoms with Gasteiger partial charge in [-0.15, -0.1) is 0 Å². The van der Waals surface area contributed by atoms with Gasteiger partial charge >= 0.3 is 0 Å². The van der Waals surface area contributed by atoms with Crippen LogP contribution < -0.4 is 0 Å². The van der Waals surface area contributed by atoms with Crippen LogP contribution in [0.15, 0.2) is 59.5 Å². The number of aromatic nitrogens is 1. The number of hydrogen-bond donors (Lipinski definition) is 0. The molecule has 5 rings (SSSR count). The lowest BCUT2D eigenvalue weighted by Gasteiger charge is -2.18. The van der Waals surface area contributed by atoms with Gasteiger partial charge in [-0.3, -0.25) is 19.3 Å². The van der Waals surface area contributed by atoms with Gasteiger partial charge in [0.05, 0.1) is 4.91 Å². The van der Waals surface area contributed by atoms with E-state index in [0.717, 1.165) is 51.7 Å². The van der Waals surface area contributed by atoms with E-state index in [1.54, 1.807) is 4.90 Å². The first-order valence-electron chi connectivity index (χ1n) is 11.2. The third-order valence-electron chi connectivity index (χ3n) is 6.36. The van der Waals surface area contributed by atoms with Gasteiger partial charge < -0.3 is 9.47 Å². The summed E-state index contributed by atoms with van der Waals surface area (Å²) in [5, 5.41) is 0.648. The first-order chi connectivity index (χ1) is 16.0. The van der Waals surface area contributed by atoms with Crippen molar-refractivity contribution in [3.05, 3.63) is 76.3 Å². The van der Waals surface area contributed by atoms with E-state index in [1.165, 1.54) is 5.56 Å². The zero-order valence-corrected chi connectivity index (χ0v) is 19.3. The second-order valence-electron chi connectivity index (χ2n) is 8.44. The molecule has 0 bridgehead atoms. The van der Waals surface area contributed by atoms with Crippen molar-refractivity contribution in [3.63, 3.8) is 0 Å². The molecule has 0 radical (unpaired) electrons. The predicted octanol–water partition coefficient (Wildman–Crippen LogP) is 4.66. The van der Waals surface area contributed by atoms with Crippen molar-refractivity contribution < 1.29 is 14.4 Å². The number of carbonyl (C=O) groups is 3. The standard InChI is InChI=1S/C26H25N3O3S/c1-18-21(20-11-5-6-12-22(20)28(18)16-19-9-3-2-4-10-19)15-23-25(31)29(26(32)33-23)17-24(30)27-13-7-8-14-27/h2-6,9-12,15H,7-8,13-14,16-17H2,1H3/b23-15-. The van der Waals surface area contributed by atoms with E-state index in [9.17, 15) is 14.4 Å². The van der Waals surface area contributed by atoms with Gasteiger partial charge in [0, 0.05) is 41.8 Å². The number of fused-ring (bicyclic) bond motifs is 1. The van der Waals surface area contributed by atoms with Gasteiger partial charge in [-0.05, 0) is 49.2 Å². The third-order valence-corrected chi connectivity index (χ3v) is 7.27. The summed E-state index contributed by atoms with van der Waals surface area (Å²) in [6.45, 7) is 3.97. The second kappa shape index (κ2) is 8.90. The van der Waals surface area contributed by atoms with E-state index in [2.05, 4.69) is 22.8 Å². The molecular formula is C26H25N3O3S. The maximum Gasteiger partial charge on any atom is 0.294 e. The monoisotopic (exact) mass is 459 g/mol. The van der Waals surface area contributed by atoms with Crippen LogP contribution in [0, 0.1) is 6.92 Å². The van der Waals surface area contributed by atoms with Crippen LogP contribution in [0.1, 0.15) is 29.7 Å². The average molecular weight is 460 g/mol. The summed E-state index contributed by atoms with van der Waals surface area (Å²) in [5.74, 6) is -0.552. The molecule has 0 N–H and O–H groups in total. The number of benzene rings is 2. The Kier molecular flexibility index (Phi) is 5.81. The number of amides is 3. The Balaban J connectivity index is 1.46. The predicted molar refractivity (Wildman–Crippen MR) is 131 cm³/mol. The van der Waals surface area contributed by atoms with Gasteiger partial charge in [-0.1, -0.05) is 48.5 Å². The van der Waals surface area contributed by atoms with Crippen LogP contribution in [0.3, 0.4) is 0 Å². The van der Waals surface area contributed by atoms with Crippen LogP contribution in [0.5, 0.6) is 0 Å². The van der Waals surface area contributed by atoms with Crippen LogP contribution in [-0.4, -0.2) is 51.1 Å². The smallest absolute Gasteiger partial charge is 0.294 e. The summed E-state index contributed by atoms with van der Waals surface area (Å²) in [4.78, 5) is 41.3. The Morgan fingerprint density at radius 2 is 1.70 bits per heavy atom. The van der Waals surface area contributed by atoms with Gasteiger partial charge in [-0.25, -0.2) is 0 Å². The van der Waals surface area contributed by atoms with Crippen LogP contribution in [0.4, 0.5) is 4.79 Å². The Bertz CT molecular complexity index is 1270. The van der Waals surface area contributed by atoms with Crippen molar-refractivity contribution in [3.8, 4) is 0 Å². The average Bonchev–Trinajstić information content (AvgIpc) is 3.52. The van der Waals surface area contributed by atoms with Crippen molar-refractivity contribution in [2.75, 3.05) is 19.6 Å². The van der Waals surface area contributed by atoms with Gasteiger partial charge in [0.2, 0.25) is 5.91 Å². The second-order valence-corrected chi connectivity index (χ2v) is 9.44. The molecule has 2 fully saturated rings. The topological polar surface area (TPSA) is 62.6 Å². The number of likely N-dealkylation sites (tertiary alicyclic amines) is 1. The number of rotatable bonds is 5. The molecular weight excluding hydrogens is 434 g/mol. The van der Waals surface area contributed by atoms with Crippen molar-refractivity contribution in [2.24, 2.45) is 0 Å². The minimum atomic E-state index is -0.392. The molecule has 7 heteroatoms. The SMILES string of the molecule is Cc1c(/C=C2\SC(=O)N(CC(=O)N3CCCC3)C2=O)c2ccccc2n1Cc1ccccc1. The third kappa shape index (κ3) is 4.09. The normalized spacial score (nSPS) is 17.7. The van der Waals surface area contributed by atoms with Crippen molar-refractivity contribution in [1.29, 1.82) is 0 Å². The molecule has 2 aromatic carbocycles. The lowest BCUT2D eigenvalue weighted by atomic mass is 10.1. The van der Waals surface area contributed by atoms with E-state index in [1.807, 2.05) is 49.4 Å². The summed E-state index contributed by atoms with van der Waals surface area (Å²) < 4.78 is 2.23. The Morgan fingerprint density at radius 1 is 1.00 bits per heavy atom. The molecule has 0 aliphatic carbocycles. The summed E-state index contributed by atoms with van der Waals surface area (Å²) in [5.41, 5.74) is 4.22. The first-order valence-corrected chi connectivity index (χ1v) is 12.0. The van der Waals surface area contributed by atoms with Crippen molar-refractivity contribution in [1.82, 2.24) is 14.4 Å². The molecule has 168 valence electrons. The number of thioether (sulfide) groups is 1. The van der Waals surface area contributed by atoms with E-state index >= 15 is 0 Å². The quantitative estimate of drug-likeness (QED) is 0.521. The van der Waals surface area contributed by atoms with E-state index in [4.69, 9.17) is 0 Å². The maximum atomic E-state index is 13.1. The molecule has 0 atom stereocenters. The molecule has 6 nitrogen and oxygen atoms in total. The van der Waals surface area contributed by atoms with E-state index < -0.39 is 5.91 Å². The Labute approximate surface area is 196 Å². The lowest BCUT2D eigenvalue weighted by molar-refractivity contribution is -0.135. The summed E-state index contributed by atoms with van der Waals surface area (Å²) >= 11 is 0.910. The fourth-order valence-corrected chi connectivity index (χ4v) is 5.40. The summed E-state index contributed by atoms with van der Waals surface area (Å²) in [7, 11) is 0. The minimum Gasteiger partial charge on any atom is -0.341 e. The number of nitrogens with zero attached hydrogens (tertiary/aromatic N) is 3. The molecule has 2 saturated heterocycles. The fourth-order valence-electron chi connectivity index (χ4n) is 4.58. The van der Waals surface area contributed by atoms with Crippen LogP contribution in [0.25, 0.3) is 17.0 Å². The highest BCUT2D eigenvalue weighted by molar-refractivity contribution is 8.18. The molecule has 3 aromatic rings.